The molecule has 0 aromatic heterocycles. The summed E-state index contributed by atoms with van der Waals surface area (Å²) in [5, 5.41) is 3.38. The molecule has 26 heavy (non-hydrogen) atoms. The van der Waals surface area contributed by atoms with Gasteiger partial charge < -0.3 is 19.5 Å². The van der Waals surface area contributed by atoms with Crippen LogP contribution in [-0.2, 0) is 16.1 Å². The Morgan fingerprint density at radius 3 is 2.38 bits per heavy atom. The van der Waals surface area contributed by atoms with Crippen LogP contribution in [0.5, 0.6) is 11.5 Å². The molecule has 6 nitrogen and oxygen atoms in total. The van der Waals surface area contributed by atoms with Crippen molar-refractivity contribution in [2.24, 2.45) is 0 Å². The summed E-state index contributed by atoms with van der Waals surface area (Å²) < 4.78 is 15.3. The van der Waals surface area contributed by atoms with E-state index in [1.165, 1.54) is 20.3 Å². The van der Waals surface area contributed by atoms with E-state index in [0.717, 1.165) is 0 Å². The maximum atomic E-state index is 12.1. The fraction of sp³-hybridized carbons (Fsp3) is 0.222. The molecule has 2 rings (SSSR count). The Morgan fingerprint density at radius 2 is 1.73 bits per heavy atom. The average molecular weight is 398 g/mol. The summed E-state index contributed by atoms with van der Waals surface area (Å²) in [7, 11) is 2.97. The molecule has 0 saturated heterocycles. The molecule has 1 N–H and O–H groups in total. The van der Waals surface area contributed by atoms with Gasteiger partial charge in [-0.2, -0.15) is 0 Å². The van der Waals surface area contributed by atoms with Crippen LogP contribution in [0.2, 0.25) is 10.0 Å². The van der Waals surface area contributed by atoms with Gasteiger partial charge in [0, 0.05) is 21.2 Å². The number of hydrogen-bond donors (Lipinski definition) is 1. The third kappa shape index (κ3) is 5.28. The summed E-state index contributed by atoms with van der Waals surface area (Å²) in [6, 6.07) is 9.57. The first kappa shape index (κ1) is 19.9. The maximum absolute atomic E-state index is 12.1. The van der Waals surface area contributed by atoms with Crippen LogP contribution >= 0.6 is 23.2 Å². The Balaban J connectivity index is 1.87. The monoisotopic (exact) mass is 397 g/mol. The molecular formula is C18H17Cl2NO5. The Hall–Kier alpha value is -2.44. The normalized spacial score (nSPS) is 10.2. The van der Waals surface area contributed by atoms with E-state index in [-0.39, 0.29) is 13.2 Å². The van der Waals surface area contributed by atoms with Crippen molar-refractivity contribution in [3.8, 4) is 11.5 Å². The number of methoxy groups -OCH3 is 2. The first-order valence-corrected chi connectivity index (χ1v) is 8.30. The number of amides is 1. The van der Waals surface area contributed by atoms with Crippen LogP contribution in [0.15, 0.2) is 36.4 Å². The second-order valence-electron chi connectivity index (χ2n) is 5.15. The minimum atomic E-state index is -0.593. The highest BCUT2D eigenvalue weighted by Crippen LogP contribution is 2.27. The SMILES string of the molecule is COc1ccc(C(=O)NCC(=O)OCc2ccc(Cl)cc2Cl)cc1OC. The molecule has 0 aliphatic carbocycles. The third-order valence-electron chi connectivity index (χ3n) is 3.44. The van der Waals surface area contributed by atoms with Gasteiger partial charge in [0.15, 0.2) is 11.5 Å². The molecule has 2 aromatic carbocycles. The smallest absolute Gasteiger partial charge is 0.325 e. The zero-order chi connectivity index (χ0) is 19.1. The molecule has 1 amide bonds. The molecule has 0 atom stereocenters. The fourth-order valence-electron chi connectivity index (χ4n) is 2.08. The summed E-state index contributed by atoms with van der Waals surface area (Å²) in [5.74, 6) is -0.110. The lowest BCUT2D eigenvalue weighted by Gasteiger charge is -2.10. The van der Waals surface area contributed by atoms with E-state index in [9.17, 15) is 9.59 Å². The predicted octanol–water partition coefficient (Wildman–Crippen LogP) is 3.48. The van der Waals surface area contributed by atoms with Crippen molar-refractivity contribution < 1.29 is 23.8 Å². The summed E-state index contributed by atoms with van der Waals surface area (Å²) in [6.45, 7) is -0.292. The second-order valence-corrected chi connectivity index (χ2v) is 5.99. The number of halogens is 2. The van der Waals surface area contributed by atoms with Gasteiger partial charge in [-0.15, -0.1) is 0 Å². The fourth-order valence-corrected chi connectivity index (χ4v) is 2.54. The van der Waals surface area contributed by atoms with Gasteiger partial charge in [-0.05, 0) is 30.3 Å². The topological polar surface area (TPSA) is 73.9 Å². The van der Waals surface area contributed by atoms with Crippen molar-refractivity contribution in [1.29, 1.82) is 0 Å². The van der Waals surface area contributed by atoms with E-state index < -0.39 is 11.9 Å². The lowest BCUT2D eigenvalue weighted by atomic mass is 10.2. The molecule has 8 heteroatoms. The van der Waals surface area contributed by atoms with E-state index in [1.807, 2.05) is 0 Å². The van der Waals surface area contributed by atoms with Gasteiger partial charge >= 0.3 is 5.97 Å². The Bertz CT molecular complexity index is 810. The summed E-state index contributed by atoms with van der Waals surface area (Å²) in [4.78, 5) is 23.9. The number of hydrogen-bond acceptors (Lipinski definition) is 5. The van der Waals surface area contributed by atoms with Gasteiger partial charge in [-0.3, -0.25) is 9.59 Å². The Labute approximate surface area is 160 Å². The minimum absolute atomic E-state index is 0.0128. The van der Waals surface area contributed by atoms with Crippen LogP contribution in [0, 0.1) is 0 Å². The van der Waals surface area contributed by atoms with Crippen molar-refractivity contribution in [3.05, 3.63) is 57.6 Å². The highest BCUT2D eigenvalue weighted by Gasteiger charge is 2.13. The van der Waals surface area contributed by atoms with E-state index >= 15 is 0 Å². The van der Waals surface area contributed by atoms with Gasteiger partial charge in [-0.1, -0.05) is 29.3 Å². The Morgan fingerprint density at radius 1 is 1.00 bits per heavy atom. The molecule has 0 fully saturated rings. The summed E-state index contributed by atoms with van der Waals surface area (Å²) >= 11 is 11.8. The van der Waals surface area contributed by atoms with Crippen LogP contribution < -0.4 is 14.8 Å². The highest BCUT2D eigenvalue weighted by atomic mass is 35.5. The highest BCUT2D eigenvalue weighted by molar-refractivity contribution is 6.35. The molecule has 0 heterocycles. The van der Waals surface area contributed by atoms with Gasteiger partial charge in [0.2, 0.25) is 0 Å². The first-order valence-electron chi connectivity index (χ1n) is 7.54. The van der Waals surface area contributed by atoms with Crippen LogP contribution in [0.25, 0.3) is 0 Å². The zero-order valence-electron chi connectivity index (χ0n) is 14.2. The molecule has 0 spiro atoms. The van der Waals surface area contributed by atoms with E-state index in [2.05, 4.69) is 5.32 Å². The number of carbonyl (C=O) groups is 2. The van der Waals surface area contributed by atoms with Gasteiger partial charge in [0.1, 0.15) is 13.2 Å². The van der Waals surface area contributed by atoms with E-state index in [0.29, 0.717) is 32.7 Å². The molecule has 0 aliphatic rings. The Kier molecular flexibility index (Phi) is 7.12. The number of ether oxygens (including phenoxy) is 3. The number of carbonyl (C=O) groups excluding carboxylic acids is 2. The number of esters is 1. The zero-order valence-corrected chi connectivity index (χ0v) is 15.7. The van der Waals surface area contributed by atoms with Crippen LogP contribution in [0.3, 0.4) is 0 Å². The largest absolute Gasteiger partial charge is 0.493 e. The second kappa shape index (κ2) is 9.31. The molecule has 0 unspecified atom stereocenters. The summed E-state index contributed by atoms with van der Waals surface area (Å²) in [6.07, 6.45) is 0. The van der Waals surface area contributed by atoms with E-state index in [4.69, 9.17) is 37.4 Å². The lowest BCUT2D eigenvalue weighted by Crippen LogP contribution is -2.30. The van der Waals surface area contributed by atoms with Crippen LogP contribution in [-0.4, -0.2) is 32.6 Å². The van der Waals surface area contributed by atoms with E-state index in [1.54, 1.807) is 30.3 Å². The van der Waals surface area contributed by atoms with Gasteiger partial charge in [-0.25, -0.2) is 0 Å². The van der Waals surface area contributed by atoms with Crippen molar-refractivity contribution in [2.45, 2.75) is 6.61 Å². The standard InChI is InChI=1S/C18H17Cl2NO5/c1-24-15-6-4-11(7-16(15)25-2)18(23)21-9-17(22)26-10-12-3-5-13(19)8-14(12)20/h3-8H,9-10H2,1-2H3,(H,21,23). The minimum Gasteiger partial charge on any atom is -0.493 e. The van der Waals surface area contributed by atoms with Gasteiger partial charge in [0.05, 0.1) is 14.2 Å². The first-order chi connectivity index (χ1) is 12.4. The molecule has 0 aliphatic heterocycles. The van der Waals surface area contributed by atoms with Crippen molar-refractivity contribution in [2.75, 3.05) is 20.8 Å². The molecule has 0 bridgehead atoms. The average Bonchev–Trinajstić information content (AvgIpc) is 2.64. The number of benzene rings is 2. The molecule has 0 saturated carbocycles. The maximum Gasteiger partial charge on any atom is 0.325 e. The number of rotatable bonds is 7. The quantitative estimate of drug-likeness (QED) is 0.723. The van der Waals surface area contributed by atoms with Crippen LogP contribution in [0.1, 0.15) is 15.9 Å². The summed E-state index contributed by atoms with van der Waals surface area (Å²) in [5.41, 5.74) is 0.951. The predicted molar refractivity (Wildman–Crippen MR) is 98.1 cm³/mol. The van der Waals surface area contributed by atoms with Crippen molar-refractivity contribution in [1.82, 2.24) is 5.32 Å². The molecule has 0 radical (unpaired) electrons. The van der Waals surface area contributed by atoms with Crippen LogP contribution in [0.4, 0.5) is 0 Å². The number of nitrogens with one attached hydrogen (secondary N) is 1. The lowest BCUT2D eigenvalue weighted by molar-refractivity contribution is -0.143. The molecule has 138 valence electrons. The molecule has 2 aromatic rings. The van der Waals surface area contributed by atoms with Crippen molar-refractivity contribution >= 4 is 35.1 Å². The van der Waals surface area contributed by atoms with Gasteiger partial charge in [0.25, 0.3) is 5.91 Å². The third-order valence-corrected chi connectivity index (χ3v) is 4.03. The molecular weight excluding hydrogens is 381 g/mol. The van der Waals surface area contributed by atoms with Crippen molar-refractivity contribution in [3.63, 3.8) is 0 Å².